The van der Waals surface area contributed by atoms with E-state index in [9.17, 15) is 9.59 Å². The minimum absolute atomic E-state index is 0.253. The number of amides is 2. The minimum Gasteiger partial charge on any atom is -0.363 e. The number of hydrogen-bond acceptors (Lipinski definition) is 7. The molecule has 2 aliphatic rings. The third kappa shape index (κ3) is 3.46. The summed E-state index contributed by atoms with van der Waals surface area (Å²) in [6, 6.07) is 11.5. The first-order valence-corrected chi connectivity index (χ1v) is 11.4. The molecule has 4 heterocycles. The summed E-state index contributed by atoms with van der Waals surface area (Å²) >= 11 is 1.48. The highest BCUT2D eigenvalue weighted by molar-refractivity contribution is 7.11. The Kier molecular flexibility index (Phi) is 5.22. The fraction of sp³-hybridized carbons (Fsp3) is 0.250. The number of thiophene rings is 1. The predicted molar refractivity (Wildman–Crippen MR) is 125 cm³/mol. The van der Waals surface area contributed by atoms with Crippen LogP contribution in [0.4, 0.5) is 11.6 Å². The van der Waals surface area contributed by atoms with Crippen LogP contribution in [0.1, 0.15) is 16.0 Å². The second kappa shape index (κ2) is 8.20. The first-order valence-electron chi connectivity index (χ1n) is 10.6. The second-order valence-electron chi connectivity index (χ2n) is 7.96. The summed E-state index contributed by atoms with van der Waals surface area (Å²) in [5.41, 5.74) is 3.55. The molecule has 0 bridgehead atoms. The van der Waals surface area contributed by atoms with Crippen molar-refractivity contribution >= 4 is 40.4 Å². The number of rotatable bonds is 4. The van der Waals surface area contributed by atoms with Crippen LogP contribution in [-0.4, -0.2) is 52.9 Å². The molecule has 0 saturated carbocycles. The van der Waals surface area contributed by atoms with Crippen LogP contribution in [-0.2, 0) is 9.59 Å². The zero-order chi connectivity index (χ0) is 22.2. The van der Waals surface area contributed by atoms with E-state index in [0.29, 0.717) is 49.1 Å². The van der Waals surface area contributed by atoms with Gasteiger partial charge in [0, 0.05) is 43.4 Å². The van der Waals surface area contributed by atoms with Gasteiger partial charge in [0.05, 0.1) is 11.3 Å². The Hall–Kier alpha value is -3.52. The Labute approximate surface area is 190 Å². The van der Waals surface area contributed by atoms with E-state index in [1.165, 1.54) is 16.2 Å². The fourth-order valence-corrected chi connectivity index (χ4v) is 4.98. The van der Waals surface area contributed by atoms with Crippen LogP contribution in [0.3, 0.4) is 0 Å². The Morgan fingerprint density at radius 2 is 1.59 bits per heavy atom. The van der Waals surface area contributed by atoms with Crippen molar-refractivity contribution in [2.45, 2.75) is 13.8 Å². The zero-order valence-corrected chi connectivity index (χ0v) is 18.8. The molecule has 2 aromatic heterocycles. The third-order valence-electron chi connectivity index (χ3n) is 5.86. The van der Waals surface area contributed by atoms with Gasteiger partial charge in [-0.3, -0.25) is 9.59 Å². The number of piperazine rings is 1. The molecule has 0 radical (unpaired) electrons. The molecule has 0 spiro atoms. The molecule has 2 amide bonds. The molecule has 32 heavy (non-hydrogen) atoms. The summed E-state index contributed by atoms with van der Waals surface area (Å²) in [4.78, 5) is 42.3. The van der Waals surface area contributed by atoms with Gasteiger partial charge in [-0.25, -0.2) is 14.9 Å². The lowest BCUT2D eigenvalue weighted by molar-refractivity contribution is -0.120. The summed E-state index contributed by atoms with van der Waals surface area (Å²) in [6.07, 6.45) is 3.46. The monoisotopic (exact) mass is 445 g/mol. The summed E-state index contributed by atoms with van der Waals surface area (Å²) in [5.74, 6) is 0.178. The molecule has 3 aromatic rings. The predicted octanol–water partition coefficient (Wildman–Crippen LogP) is 3.26. The molecule has 7 nitrogen and oxygen atoms in total. The first kappa shape index (κ1) is 20.4. The van der Waals surface area contributed by atoms with Gasteiger partial charge in [0.2, 0.25) is 5.95 Å². The molecule has 0 unspecified atom stereocenters. The van der Waals surface area contributed by atoms with Crippen molar-refractivity contribution in [3.05, 3.63) is 75.9 Å². The second-order valence-corrected chi connectivity index (χ2v) is 8.91. The van der Waals surface area contributed by atoms with Gasteiger partial charge in [-0.05, 0) is 48.6 Å². The van der Waals surface area contributed by atoms with Gasteiger partial charge in [0.15, 0.2) is 0 Å². The summed E-state index contributed by atoms with van der Waals surface area (Å²) in [6.45, 7) is 6.47. The topological polar surface area (TPSA) is 69.6 Å². The molecule has 2 aliphatic heterocycles. The van der Waals surface area contributed by atoms with E-state index >= 15 is 0 Å². The van der Waals surface area contributed by atoms with Gasteiger partial charge in [-0.2, -0.15) is 0 Å². The highest BCUT2D eigenvalue weighted by Crippen LogP contribution is 2.38. The molecule has 0 aliphatic carbocycles. The van der Waals surface area contributed by atoms with Crippen molar-refractivity contribution in [1.82, 2.24) is 14.9 Å². The molecule has 162 valence electrons. The largest absolute Gasteiger partial charge is 0.363 e. The van der Waals surface area contributed by atoms with Gasteiger partial charge >= 0.3 is 0 Å². The highest BCUT2D eigenvalue weighted by atomic mass is 32.1. The molecule has 1 fully saturated rings. The highest BCUT2D eigenvalue weighted by Gasteiger charge is 2.44. The molecule has 1 saturated heterocycles. The fourth-order valence-electron chi connectivity index (χ4n) is 4.22. The Bertz CT molecular complexity index is 1200. The lowest BCUT2D eigenvalue weighted by Crippen LogP contribution is -2.48. The number of anilines is 2. The van der Waals surface area contributed by atoms with E-state index in [0.717, 1.165) is 16.0 Å². The third-order valence-corrected chi connectivity index (χ3v) is 6.75. The maximum atomic E-state index is 13.7. The first-order chi connectivity index (χ1) is 15.5. The number of carbonyl (C=O) groups is 2. The standard InChI is InChI=1S/C24H23N5O2S/c1-16-6-7-17(2)18(15-16)29-22(30)20(19-5-3-14-32-19)21(23(29)31)27-10-12-28(13-11-27)24-25-8-4-9-26-24/h3-9,14-15H,10-13H2,1-2H3. The van der Waals surface area contributed by atoms with Crippen LogP contribution in [0.25, 0.3) is 5.57 Å². The van der Waals surface area contributed by atoms with Gasteiger partial charge in [0.25, 0.3) is 11.8 Å². The van der Waals surface area contributed by atoms with E-state index in [-0.39, 0.29) is 11.8 Å². The van der Waals surface area contributed by atoms with Crippen molar-refractivity contribution in [3.63, 3.8) is 0 Å². The Morgan fingerprint density at radius 3 is 2.28 bits per heavy atom. The molecule has 5 rings (SSSR count). The average Bonchev–Trinajstić information content (AvgIpc) is 3.42. The number of hydrogen-bond donors (Lipinski definition) is 0. The Balaban J connectivity index is 1.50. The summed E-state index contributed by atoms with van der Waals surface area (Å²) in [7, 11) is 0. The van der Waals surface area contributed by atoms with E-state index < -0.39 is 0 Å². The maximum Gasteiger partial charge on any atom is 0.282 e. The van der Waals surface area contributed by atoms with Crippen LogP contribution >= 0.6 is 11.3 Å². The molecular weight excluding hydrogens is 422 g/mol. The van der Waals surface area contributed by atoms with Crippen LogP contribution < -0.4 is 9.80 Å². The number of imide groups is 1. The molecule has 0 atom stereocenters. The van der Waals surface area contributed by atoms with Crippen molar-refractivity contribution in [2.24, 2.45) is 0 Å². The van der Waals surface area contributed by atoms with E-state index in [1.807, 2.05) is 54.5 Å². The van der Waals surface area contributed by atoms with Crippen LogP contribution in [0.2, 0.25) is 0 Å². The molecule has 1 aromatic carbocycles. The van der Waals surface area contributed by atoms with Crippen molar-refractivity contribution < 1.29 is 9.59 Å². The number of nitrogens with zero attached hydrogens (tertiary/aromatic N) is 5. The van der Waals surface area contributed by atoms with E-state index in [1.54, 1.807) is 18.5 Å². The number of aryl methyl sites for hydroxylation is 2. The van der Waals surface area contributed by atoms with Crippen LogP contribution in [0.5, 0.6) is 0 Å². The van der Waals surface area contributed by atoms with Gasteiger partial charge < -0.3 is 9.80 Å². The zero-order valence-electron chi connectivity index (χ0n) is 18.0. The molecule has 8 heteroatoms. The van der Waals surface area contributed by atoms with E-state index in [2.05, 4.69) is 14.9 Å². The lowest BCUT2D eigenvalue weighted by atomic mass is 10.1. The van der Waals surface area contributed by atoms with Crippen molar-refractivity contribution in [2.75, 3.05) is 36.0 Å². The summed E-state index contributed by atoms with van der Waals surface area (Å²) < 4.78 is 0. The lowest BCUT2D eigenvalue weighted by Gasteiger charge is -2.36. The maximum absolute atomic E-state index is 13.7. The smallest absolute Gasteiger partial charge is 0.282 e. The SMILES string of the molecule is Cc1ccc(C)c(N2C(=O)C(c3cccs3)=C(N3CCN(c4ncccn4)CC3)C2=O)c1. The molecular formula is C24H23N5O2S. The number of aromatic nitrogens is 2. The normalized spacial score (nSPS) is 17.0. The average molecular weight is 446 g/mol. The Morgan fingerprint density at radius 1 is 0.875 bits per heavy atom. The van der Waals surface area contributed by atoms with Crippen LogP contribution in [0.15, 0.2) is 59.9 Å². The summed E-state index contributed by atoms with van der Waals surface area (Å²) in [5, 5.41) is 1.93. The van der Waals surface area contributed by atoms with Gasteiger partial charge in [-0.1, -0.05) is 18.2 Å². The minimum atomic E-state index is -0.255. The van der Waals surface area contributed by atoms with Gasteiger partial charge in [-0.15, -0.1) is 11.3 Å². The molecule has 0 N–H and O–H groups in total. The number of benzene rings is 1. The number of carbonyl (C=O) groups excluding carboxylic acids is 2. The van der Waals surface area contributed by atoms with Crippen molar-refractivity contribution in [1.29, 1.82) is 0 Å². The van der Waals surface area contributed by atoms with Crippen LogP contribution in [0, 0.1) is 13.8 Å². The quantitative estimate of drug-likeness (QED) is 0.574. The van der Waals surface area contributed by atoms with E-state index in [4.69, 9.17) is 0 Å². The van der Waals surface area contributed by atoms with Gasteiger partial charge in [0.1, 0.15) is 5.70 Å². The van der Waals surface area contributed by atoms with Crippen molar-refractivity contribution in [3.8, 4) is 0 Å².